The predicted molar refractivity (Wildman–Crippen MR) is 102 cm³/mol. The second-order valence-electron chi connectivity index (χ2n) is 7.40. The van der Waals surface area contributed by atoms with Crippen molar-refractivity contribution in [1.82, 2.24) is 25.4 Å². The number of hydrazone groups is 1. The SMILES string of the molecule is Cn1nccc1S(=O)(=O)C(C)(C)C1CCN(C(=O)NC2=CC=NNC2)CC1. The second kappa shape index (κ2) is 7.34. The Bertz CT molecular complexity index is 863. The van der Waals surface area contributed by atoms with Crippen LogP contribution in [0.5, 0.6) is 0 Å². The minimum atomic E-state index is -3.54. The maximum absolute atomic E-state index is 13.1. The number of carbonyl (C=O) groups is 1. The van der Waals surface area contributed by atoms with Crippen molar-refractivity contribution in [2.24, 2.45) is 18.1 Å². The summed E-state index contributed by atoms with van der Waals surface area (Å²) in [7, 11) is -1.90. The van der Waals surface area contributed by atoms with Crippen LogP contribution in [0.4, 0.5) is 4.79 Å². The third-order valence-corrected chi connectivity index (χ3v) is 8.16. The van der Waals surface area contributed by atoms with Crippen molar-refractivity contribution in [3.05, 3.63) is 24.0 Å². The first-order valence-electron chi connectivity index (χ1n) is 8.97. The van der Waals surface area contributed by atoms with Crippen LogP contribution in [0.2, 0.25) is 0 Å². The molecular weight excluding hydrogens is 368 g/mol. The zero-order valence-electron chi connectivity index (χ0n) is 15.8. The van der Waals surface area contributed by atoms with Crippen LogP contribution in [0, 0.1) is 5.92 Å². The molecule has 0 aliphatic carbocycles. The van der Waals surface area contributed by atoms with Gasteiger partial charge in [0.15, 0.2) is 5.03 Å². The fraction of sp³-hybridized carbons (Fsp3) is 0.588. The van der Waals surface area contributed by atoms with Gasteiger partial charge in [-0.15, -0.1) is 0 Å². The summed E-state index contributed by atoms with van der Waals surface area (Å²) in [5.74, 6) is -0.0378. The molecule has 2 aliphatic heterocycles. The van der Waals surface area contributed by atoms with Gasteiger partial charge in [0.25, 0.3) is 0 Å². The second-order valence-corrected chi connectivity index (χ2v) is 9.87. The number of nitrogens with one attached hydrogen (secondary N) is 2. The maximum Gasteiger partial charge on any atom is 0.321 e. The van der Waals surface area contributed by atoms with Crippen molar-refractivity contribution in [1.29, 1.82) is 0 Å². The van der Waals surface area contributed by atoms with Gasteiger partial charge >= 0.3 is 6.03 Å². The van der Waals surface area contributed by atoms with Crippen molar-refractivity contribution < 1.29 is 13.2 Å². The van der Waals surface area contributed by atoms with Crippen molar-refractivity contribution in [2.75, 3.05) is 19.6 Å². The number of urea groups is 1. The van der Waals surface area contributed by atoms with E-state index in [0.29, 0.717) is 32.5 Å². The Hall–Kier alpha value is -2.36. The average Bonchev–Trinajstić information content (AvgIpc) is 3.09. The fourth-order valence-corrected chi connectivity index (χ4v) is 5.41. The topological polar surface area (TPSA) is 109 Å². The summed E-state index contributed by atoms with van der Waals surface area (Å²) in [6.07, 6.45) is 6.11. The van der Waals surface area contributed by atoms with Crippen LogP contribution in [0.25, 0.3) is 0 Å². The van der Waals surface area contributed by atoms with Gasteiger partial charge in [-0.1, -0.05) is 0 Å². The highest BCUT2D eigenvalue weighted by Gasteiger charge is 2.45. The number of aryl methyl sites for hydroxylation is 1. The number of rotatable bonds is 4. The van der Waals surface area contributed by atoms with E-state index in [1.54, 1.807) is 38.1 Å². The number of hydrogen-bond donors (Lipinski definition) is 2. The fourth-order valence-electron chi connectivity index (χ4n) is 3.56. The van der Waals surface area contributed by atoms with Gasteiger partial charge in [0, 0.05) is 32.0 Å². The van der Waals surface area contributed by atoms with E-state index in [2.05, 4.69) is 20.9 Å². The quantitative estimate of drug-likeness (QED) is 0.788. The Morgan fingerprint density at radius 3 is 2.59 bits per heavy atom. The maximum atomic E-state index is 13.1. The number of amides is 2. The van der Waals surface area contributed by atoms with E-state index in [1.807, 2.05) is 0 Å². The number of sulfone groups is 1. The largest absolute Gasteiger partial charge is 0.325 e. The molecule has 10 heteroatoms. The van der Waals surface area contributed by atoms with Crippen LogP contribution in [0.15, 0.2) is 34.2 Å². The molecule has 148 valence electrons. The molecule has 3 rings (SSSR count). The smallest absolute Gasteiger partial charge is 0.321 e. The highest BCUT2D eigenvalue weighted by Crippen LogP contribution is 2.37. The molecule has 3 heterocycles. The van der Waals surface area contributed by atoms with E-state index in [1.165, 1.54) is 16.9 Å². The lowest BCUT2D eigenvalue weighted by molar-refractivity contribution is 0.162. The average molecular weight is 395 g/mol. The molecule has 2 aliphatic rings. The third kappa shape index (κ3) is 3.71. The molecule has 27 heavy (non-hydrogen) atoms. The van der Waals surface area contributed by atoms with Crippen LogP contribution >= 0.6 is 0 Å². The number of piperidine rings is 1. The summed E-state index contributed by atoms with van der Waals surface area (Å²) in [6, 6.07) is 1.37. The number of likely N-dealkylation sites (tertiary alicyclic amines) is 1. The Labute approximate surface area is 159 Å². The first kappa shape index (κ1) is 19.4. The summed E-state index contributed by atoms with van der Waals surface area (Å²) in [6.45, 7) is 5.07. The van der Waals surface area contributed by atoms with Crippen molar-refractivity contribution in [2.45, 2.75) is 36.5 Å². The van der Waals surface area contributed by atoms with Gasteiger partial charge in [-0.25, -0.2) is 13.2 Å². The van der Waals surface area contributed by atoms with E-state index in [4.69, 9.17) is 0 Å². The van der Waals surface area contributed by atoms with E-state index in [0.717, 1.165) is 5.70 Å². The Balaban J connectivity index is 1.64. The number of hydrogen-bond acceptors (Lipinski definition) is 6. The molecule has 1 saturated heterocycles. The molecule has 1 aromatic heterocycles. The molecule has 2 amide bonds. The first-order valence-corrected chi connectivity index (χ1v) is 10.5. The van der Waals surface area contributed by atoms with E-state index >= 15 is 0 Å². The van der Waals surface area contributed by atoms with E-state index < -0.39 is 14.6 Å². The van der Waals surface area contributed by atoms with Crippen molar-refractivity contribution >= 4 is 22.1 Å². The molecule has 0 bridgehead atoms. The minimum Gasteiger partial charge on any atom is -0.325 e. The number of nitrogens with zero attached hydrogens (tertiary/aromatic N) is 4. The lowest BCUT2D eigenvalue weighted by Crippen LogP contribution is -2.50. The standard InChI is InChI=1S/C17H26N6O3S/c1-17(2,27(25,26)15-5-9-20-22(15)3)13-6-10-23(11-7-13)16(24)21-14-4-8-18-19-12-14/h4-5,8-9,13,19H,6-7,10-12H2,1-3H3,(H,21,24). The lowest BCUT2D eigenvalue weighted by Gasteiger charge is -2.40. The summed E-state index contributed by atoms with van der Waals surface area (Å²) in [4.78, 5) is 14.2. The van der Waals surface area contributed by atoms with E-state index in [-0.39, 0.29) is 17.0 Å². The summed E-state index contributed by atoms with van der Waals surface area (Å²) in [5.41, 5.74) is 3.56. The molecule has 0 radical (unpaired) electrons. The normalized spacial score (nSPS) is 18.8. The van der Waals surface area contributed by atoms with Gasteiger partial charge in [0.05, 0.1) is 17.5 Å². The predicted octanol–water partition coefficient (Wildman–Crippen LogP) is 0.867. The Morgan fingerprint density at radius 1 is 1.33 bits per heavy atom. The molecule has 0 spiro atoms. The molecule has 1 aromatic rings. The molecule has 9 nitrogen and oxygen atoms in total. The highest BCUT2D eigenvalue weighted by atomic mass is 32.2. The summed E-state index contributed by atoms with van der Waals surface area (Å²) >= 11 is 0. The molecule has 0 unspecified atom stereocenters. The molecular formula is C17H26N6O3S. The summed E-state index contributed by atoms with van der Waals surface area (Å²) in [5, 5.41) is 10.9. The highest BCUT2D eigenvalue weighted by molar-refractivity contribution is 7.92. The Kier molecular flexibility index (Phi) is 5.27. The van der Waals surface area contributed by atoms with Crippen LogP contribution in [0.1, 0.15) is 26.7 Å². The van der Waals surface area contributed by atoms with Gasteiger partial charge in [-0.05, 0) is 44.7 Å². The third-order valence-electron chi connectivity index (χ3n) is 5.49. The van der Waals surface area contributed by atoms with Crippen molar-refractivity contribution in [3.8, 4) is 0 Å². The van der Waals surface area contributed by atoms with E-state index in [9.17, 15) is 13.2 Å². The van der Waals surface area contributed by atoms with Crippen molar-refractivity contribution in [3.63, 3.8) is 0 Å². The zero-order chi connectivity index (χ0) is 19.7. The molecule has 0 atom stereocenters. The molecule has 0 aromatic carbocycles. The van der Waals surface area contributed by atoms with Gasteiger partial charge in [0.2, 0.25) is 9.84 Å². The minimum absolute atomic E-state index is 0.0378. The van der Waals surface area contributed by atoms with Crippen LogP contribution in [-0.4, -0.2) is 59.7 Å². The molecule has 0 saturated carbocycles. The van der Waals surface area contributed by atoms with Gasteiger partial charge in [-0.3, -0.25) is 4.68 Å². The number of carbonyl (C=O) groups excluding carboxylic acids is 1. The number of aromatic nitrogens is 2. The molecule has 1 fully saturated rings. The van der Waals surface area contributed by atoms with Gasteiger partial charge < -0.3 is 15.6 Å². The first-order chi connectivity index (χ1) is 12.7. The van der Waals surface area contributed by atoms with Crippen LogP contribution in [0.3, 0.4) is 0 Å². The van der Waals surface area contributed by atoms with Crippen LogP contribution < -0.4 is 10.7 Å². The Morgan fingerprint density at radius 2 is 2.04 bits per heavy atom. The monoisotopic (exact) mass is 394 g/mol. The summed E-state index contributed by atoms with van der Waals surface area (Å²) < 4.78 is 26.7. The zero-order valence-corrected chi connectivity index (χ0v) is 16.7. The molecule has 2 N–H and O–H groups in total. The van der Waals surface area contributed by atoms with Crippen LogP contribution in [-0.2, 0) is 16.9 Å². The van der Waals surface area contributed by atoms with Gasteiger partial charge in [-0.2, -0.15) is 10.2 Å². The number of allylic oxidation sites excluding steroid dienone is 1. The van der Waals surface area contributed by atoms with Gasteiger partial charge in [0.1, 0.15) is 0 Å². The lowest BCUT2D eigenvalue weighted by atomic mass is 9.86.